The largest absolute Gasteiger partial charge is 0.346 e. The van der Waals surface area contributed by atoms with Crippen LogP contribution in [0.4, 0.5) is 0 Å². The first-order valence-corrected chi connectivity index (χ1v) is 13.9. The molecule has 0 radical (unpaired) electrons. The fraction of sp³-hybridized carbons (Fsp3) is 0.481. The summed E-state index contributed by atoms with van der Waals surface area (Å²) in [5, 5.41) is 12.4. The number of aromatic amines is 3. The Balaban J connectivity index is 1.25. The van der Waals surface area contributed by atoms with E-state index >= 15 is 0 Å². The van der Waals surface area contributed by atoms with Crippen molar-refractivity contribution in [2.75, 3.05) is 6.54 Å². The van der Waals surface area contributed by atoms with Crippen molar-refractivity contribution in [2.45, 2.75) is 71.9 Å². The number of hydrogen-bond donors (Lipinski definition) is 3. The number of fused-ring (bicyclic) bond motifs is 4. The van der Waals surface area contributed by atoms with E-state index in [2.05, 4.69) is 76.0 Å². The molecule has 1 aliphatic carbocycles. The molecular formula is C27H32N8OS. The maximum absolute atomic E-state index is 11.4. The lowest BCUT2D eigenvalue weighted by molar-refractivity contribution is 0.188. The maximum Gasteiger partial charge on any atom is 0.340 e. The van der Waals surface area contributed by atoms with Gasteiger partial charge in [0, 0.05) is 34.6 Å². The van der Waals surface area contributed by atoms with Gasteiger partial charge >= 0.3 is 5.69 Å². The summed E-state index contributed by atoms with van der Waals surface area (Å²) in [5.41, 5.74) is 8.39. The summed E-state index contributed by atoms with van der Waals surface area (Å²) in [5.74, 6) is 2.38. The van der Waals surface area contributed by atoms with Crippen LogP contribution in [0.15, 0.2) is 17.3 Å². The van der Waals surface area contributed by atoms with Gasteiger partial charge in [-0.05, 0) is 73.6 Å². The fourth-order valence-corrected chi connectivity index (χ4v) is 8.41. The number of piperidine rings is 1. The predicted molar refractivity (Wildman–Crippen MR) is 145 cm³/mol. The molecule has 1 saturated carbocycles. The van der Waals surface area contributed by atoms with Gasteiger partial charge in [0.25, 0.3) is 0 Å². The minimum atomic E-state index is -0.228. The molecule has 0 aromatic carbocycles. The van der Waals surface area contributed by atoms with Crippen LogP contribution in [0.25, 0.3) is 27.1 Å². The molecule has 2 aliphatic rings. The van der Waals surface area contributed by atoms with Gasteiger partial charge in [0.2, 0.25) is 0 Å². The van der Waals surface area contributed by atoms with Gasteiger partial charge in [-0.15, -0.1) is 11.3 Å². The third-order valence-corrected chi connectivity index (χ3v) is 10.2. The summed E-state index contributed by atoms with van der Waals surface area (Å²) in [6.07, 6.45) is 6.15. The van der Waals surface area contributed by atoms with Gasteiger partial charge in [0.05, 0.1) is 12.2 Å². The molecule has 9 nitrogen and oxygen atoms in total. The highest BCUT2D eigenvalue weighted by atomic mass is 32.1. The van der Waals surface area contributed by atoms with E-state index in [4.69, 9.17) is 0 Å². The molecule has 0 amide bonds. The van der Waals surface area contributed by atoms with Gasteiger partial charge in [-0.25, -0.2) is 19.4 Å². The van der Waals surface area contributed by atoms with Gasteiger partial charge in [0.1, 0.15) is 17.0 Å². The van der Waals surface area contributed by atoms with Crippen molar-refractivity contribution < 1.29 is 0 Å². The van der Waals surface area contributed by atoms with E-state index in [-0.39, 0.29) is 5.69 Å². The van der Waals surface area contributed by atoms with Crippen LogP contribution in [-0.2, 0) is 6.54 Å². The van der Waals surface area contributed by atoms with Crippen molar-refractivity contribution in [3.63, 3.8) is 0 Å². The van der Waals surface area contributed by atoms with Crippen LogP contribution in [0, 0.1) is 26.7 Å². The van der Waals surface area contributed by atoms with E-state index in [0.29, 0.717) is 30.3 Å². The maximum atomic E-state index is 11.4. The average Bonchev–Trinajstić information content (AvgIpc) is 3.68. The van der Waals surface area contributed by atoms with Crippen LogP contribution >= 0.6 is 11.3 Å². The highest BCUT2D eigenvalue weighted by Crippen LogP contribution is 2.53. The molecule has 3 atom stereocenters. The first-order chi connectivity index (χ1) is 17.8. The van der Waals surface area contributed by atoms with E-state index < -0.39 is 0 Å². The molecule has 6 heterocycles. The standard InChI is InChI=1S/C27H32N8OS/c1-12(2)21-22-15(5)24(18-7-17-6-16(18)8-34(17)10-20-30-27(36)33-32-20)37-26(22)31-23(21)19-9-35-25(28-11-29-35)14(4)13(19)3/h9,11-12,16-18,31H,6-8,10H2,1-5H3,(H2,30,32,33,36)/t16-,17?,18+/m0/s1. The van der Waals surface area contributed by atoms with E-state index in [9.17, 15) is 4.79 Å². The Hall–Kier alpha value is -3.24. The van der Waals surface area contributed by atoms with Gasteiger partial charge in [-0.2, -0.15) is 10.2 Å². The van der Waals surface area contributed by atoms with E-state index in [1.807, 2.05) is 15.9 Å². The number of hydrogen-bond acceptors (Lipinski definition) is 6. The lowest BCUT2D eigenvalue weighted by Crippen LogP contribution is -2.34. The lowest BCUT2D eigenvalue weighted by atomic mass is 9.88. The van der Waals surface area contributed by atoms with Gasteiger partial charge in [0.15, 0.2) is 5.65 Å². The van der Waals surface area contributed by atoms with Crippen LogP contribution in [0.3, 0.4) is 0 Å². The molecule has 3 N–H and O–H groups in total. The number of H-pyrrole nitrogens is 3. The van der Waals surface area contributed by atoms with Crippen LogP contribution in [-0.4, -0.2) is 52.2 Å². The Labute approximate surface area is 218 Å². The Morgan fingerprint density at radius 1 is 1.14 bits per heavy atom. The number of aryl methyl sites for hydroxylation is 2. The summed E-state index contributed by atoms with van der Waals surface area (Å²) in [4.78, 5) is 27.9. The zero-order valence-corrected chi connectivity index (χ0v) is 22.7. The molecule has 1 saturated heterocycles. The third kappa shape index (κ3) is 3.38. The Bertz CT molecular complexity index is 1720. The first kappa shape index (κ1) is 22.9. The number of nitrogens with zero attached hydrogens (tertiary/aromatic N) is 5. The Morgan fingerprint density at radius 2 is 1.97 bits per heavy atom. The second-order valence-electron chi connectivity index (χ2n) is 11.2. The molecule has 192 valence electrons. The molecule has 0 spiro atoms. The lowest BCUT2D eigenvalue weighted by Gasteiger charge is -2.30. The zero-order chi connectivity index (χ0) is 25.6. The molecule has 5 aromatic heterocycles. The molecule has 5 aromatic rings. The van der Waals surface area contributed by atoms with Crippen molar-refractivity contribution in [1.29, 1.82) is 0 Å². The van der Waals surface area contributed by atoms with Crippen molar-refractivity contribution >= 4 is 27.2 Å². The second kappa shape index (κ2) is 8.13. The molecular weight excluding hydrogens is 484 g/mol. The molecule has 37 heavy (non-hydrogen) atoms. The van der Waals surface area contributed by atoms with Crippen LogP contribution in [0.5, 0.6) is 0 Å². The van der Waals surface area contributed by atoms with Crippen molar-refractivity contribution in [3.8, 4) is 11.3 Å². The van der Waals surface area contributed by atoms with Gasteiger partial charge < -0.3 is 4.98 Å². The Morgan fingerprint density at radius 3 is 2.68 bits per heavy atom. The minimum Gasteiger partial charge on any atom is -0.346 e. The van der Waals surface area contributed by atoms with Crippen molar-refractivity contribution in [2.24, 2.45) is 5.92 Å². The van der Waals surface area contributed by atoms with Gasteiger partial charge in [-0.1, -0.05) is 13.8 Å². The van der Waals surface area contributed by atoms with Gasteiger partial charge in [-0.3, -0.25) is 9.88 Å². The summed E-state index contributed by atoms with van der Waals surface area (Å²) in [6.45, 7) is 13.0. The number of likely N-dealkylation sites (tertiary alicyclic amines) is 1. The monoisotopic (exact) mass is 516 g/mol. The van der Waals surface area contributed by atoms with E-state index in [0.717, 1.165) is 18.0 Å². The molecule has 2 bridgehead atoms. The summed E-state index contributed by atoms with van der Waals surface area (Å²) in [7, 11) is 0. The molecule has 7 rings (SSSR count). The molecule has 10 heteroatoms. The van der Waals surface area contributed by atoms with Crippen LogP contribution in [0.1, 0.15) is 71.5 Å². The van der Waals surface area contributed by atoms with Crippen LogP contribution in [0.2, 0.25) is 0 Å². The van der Waals surface area contributed by atoms with Crippen molar-refractivity contribution in [3.05, 3.63) is 56.0 Å². The zero-order valence-electron chi connectivity index (χ0n) is 21.8. The number of nitrogens with one attached hydrogen (secondary N) is 3. The summed E-state index contributed by atoms with van der Waals surface area (Å²) < 4.78 is 1.90. The van der Waals surface area contributed by atoms with Crippen molar-refractivity contribution in [1.82, 2.24) is 39.7 Å². The molecule has 2 fully saturated rings. The second-order valence-corrected chi connectivity index (χ2v) is 12.3. The number of pyridine rings is 1. The summed E-state index contributed by atoms with van der Waals surface area (Å²) >= 11 is 1.96. The Kier molecular flexibility index (Phi) is 5.04. The minimum absolute atomic E-state index is 0.228. The number of thiophene rings is 1. The third-order valence-electron chi connectivity index (χ3n) is 8.83. The molecule has 1 aliphatic heterocycles. The number of rotatable bonds is 5. The summed E-state index contributed by atoms with van der Waals surface area (Å²) in [6, 6.07) is 0.551. The average molecular weight is 517 g/mol. The highest BCUT2D eigenvalue weighted by molar-refractivity contribution is 7.19. The smallest absolute Gasteiger partial charge is 0.340 e. The highest BCUT2D eigenvalue weighted by Gasteiger charge is 2.46. The first-order valence-electron chi connectivity index (χ1n) is 13.1. The van der Waals surface area contributed by atoms with E-state index in [1.54, 1.807) is 11.2 Å². The molecule has 1 unspecified atom stereocenters. The predicted octanol–water partition coefficient (Wildman–Crippen LogP) is 4.78. The SMILES string of the molecule is Cc1c(-c2[nH]c3sc([C@@H]4CC5C[C@H]4CN5Cc4n[nH]c(=O)[nH]4)c(C)c3c2C(C)C)cn2ncnc2c1C. The van der Waals surface area contributed by atoms with Crippen LogP contribution < -0.4 is 5.69 Å². The quantitative estimate of drug-likeness (QED) is 0.311. The normalized spacial score (nSPS) is 21.9. The fourth-order valence-electron chi connectivity index (χ4n) is 6.98. The number of aromatic nitrogens is 7. The van der Waals surface area contributed by atoms with E-state index in [1.165, 1.54) is 56.6 Å². The topological polar surface area (TPSA) is 111 Å².